The van der Waals surface area contributed by atoms with Gasteiger partial charge in [-0.2, -0.15) is 0 Å². The van der Waals surface area contributed by atoms with Crippen molar-refractivity contribution in [3.05, 3.63) is 11.1 Å². The minimum Gasteiger partial charge on any atom is -0.105 e. The molecule has 0 nitrogen and oxygen atoms in total. The highest BCUT2D eigenvalue weighted by molar-refractivity contribution is 8.17. The van der Waals surface area contributed by atoms with E-state index in [1.807, 2.05) is 0 Å². The first-order chi connectivity index (χ1) is 4.97. The van der Waals surface area contributed by atoms with Crippen LogP contribution < -0.4 is 0 Å². The van der Waals surface area contributed by atoms with E-state index in [9.17, 15) is 0 Å². The van der Waals surface area contributed by atoms with Gasteiger partial charge in [-0.3, -0.25) is 0 Å². The number of hydrogen-bond donors (Lipinski definition) is 0. The van der Waals surface area contributed by atoms with Crippen LogP contribution in [0, 0.1) is 0 Å². The van der Waals surface area contributed by atoms with Gasteiger partial charge in [0.05, 0.1) is 0 Å². The average Bonchev–Trinajstić information content (AvgIpc) is 2.59. The molecule has 1 aromatic heterocycles. The zero-order valence-corrected chi connectivity index (χ0v) is 8.67. The van der Waals surface area contributed by atoms with Gasteiger partial charge in [-0.05, 0) is 45.3 Å². The van der Waals surface area contributed by atoms with Gasteiger partial charge in [0.2, 0.25) is 0 Å². The van der Waals surface area contributed by atoms with E-state index in [0.29, 0.717) is 0 Å². The van der Waals surface area contributed by atoms with E-state index in [4.69, 9.17) is 0 Å². The van der Waals surface area contributed by atoms with Gasteiger partial charge in [0.1, 0.15) is 0 Å². The zero-order valence-electron chi connectivity index (χ0n) is 5.88. The van der Waals surface area contributed by atoms with E-state index >= 15 is 0 Å². The Kier molecular flexibility index (Phi) is 2.45. The van der Waals surface area contributed by atoms with E-state index < -0.39 is 0 Å². The number of rotatable bonds is 1. The van der Waals surface area contributed by atoms with Crippen LogP contribution in [0.5, 0.6) is 0 Å². The Balaban J connectivity index is 2.12. The van der Waals surface area contributed by atoms with E-state index in [1.54, 1.807) is 20.7 Å². The lowest BCUT2D eigenvalue weighted by Gasteiger charge is -2.02. The summed E-state index contributed by atoms with van der Waals surface area (Å²) in [6.07, 6.45) is 5.94. The molecule has 1 heterocycles. The third-order valence-electron chi connectivity index (χ3n) is 2.21. The largest absolute Gasteiger partial charge is 0.105 e. The minimum atomic E-state index is 1.00. The van der Waals surface area contributed by atoms with Crippen molar-refractivity contribution in [3.8, 4) is 0 Å². The van der Waals surface area contributed by atoms with Crippen LogP contribution in [0.3, 0.4) is 0 Å². The molecule has 0 saturated heterocycles. The Hall–Kier alpha value is 0.640. The fourth-order valence-corrected chi connectivity index (χ4v) is 7.58. The van der Waals surface area contributed by atoms with Crippen LogP contribution in [0.2, 0.25) is 0 Å². The fourth-order valence-electron chi connectivity index (χ4n) is 1.63. The van der Waals surface area contributed by atoms with Crippen molar-refractivity contribution in [2.75, 3.05) is 0 Å². The van der Waals surface area contributed by atoms with Gasteiger partial charge < -0.3 is 0 Å². The first kappa shape index (κ1) is 7.30. The summed E-state index contributed by atoms with van der Waals surface area (Å²) in [6, 6.07) is 0. The van der Waals surface area contributed by atoms with Gasteiger partial charge in [0.15, 0.2) is 0 Å². The van der Waals surface area contributed by atoms with Crippen molar-refractivity contribution in [1.29, 1.82) is 0 Å². The van der Waals surface area contributed by atoms with Gasteiger partial charge in [-0.1, -0.05) is 12.8 Å². The zero-order chi connectivity index (χ0) is 6.81. The normalized spacial score (nSPS) is 22.4. The van der Waals surface area contributed by atoms with Gasteiger partial charge in [-0.15, -0.1) is 7.87 Å². The molecule has 1 atom stereocenters. The van der Waals surface area contributed by atoms with Crippen LogP contribution >= 0.6 is 23.3 Å². The summed E-state index contributed by atoms with van der Waals surface area (Å²) in [4.78, 5) is 0. The summed E-state index contributed by atoms with van der Waals surface area (Å²) in [6.45, 7) is 0. The van der Waals surface area contributed by atoms with Crippen molar-refractivity contribution in [2.24, 2.45) is 0 Å². The molecule has 54 valence electrons. The summed E-state index contributed by atoms with van der Waals surface area (Å²) in [5, 5.41) is 1.78. The monoisotopic (exact) mass is 188 g/mol. The first-order valence-electron chi connectivity index (χ1n) is 3.83. The van der Waals surface area contributed by atoms with E-state index in [-0.39, 0.29) is 0 Å². The molecule has 0 N–H and O–H groups in total. The van der Waals surface area contributed by atoms with E-state index in [0.717, 1.165) is 13.8 Å². The Bertz CT molecular complexity index is 187. The molecule has 0 aromatic carbocycles. The number of hydrogen-bond acceptors (Lipinski definition) is 0. The lowest BCUT2D eigenvalue weighted by Crippen LogP contribution is -1.84. The van der Waals surface area contributed by atoms with Gasteiger partial charge in [0.25, 0.3) is 0 Å². The van der Waals surface area contributed by atoms with Crippen molar-refractivity contribution < 1.29 is 0 Å². The molecule has 0 aliphatic heterocycles. The van der Waals surface area contributed by atoms with Crippen LogP contribution in [0.15, 0.2) is 5.80 Å². The minimum absolute atomic E-state index is 1.00. The highest BCUT2D eigenvalue weighted by Gasteiger charge is 2.16. The van der Waals surface area contributed by atoms with Crippen LogP contribution in [0.25, 0.3) is 0 Å². The molecule has 1 aliphatic carbocycles. The molecule has 2 rings (SSSR count). The molecule has 0 spiro atoms. The second kappa shape index (κ2) is 3.36. The van der Waals surface area contributed by atoms with Crippen molar-refractivity contribution in [3.63, 3.8) is 0 Å². The second-order valence-corrected chi connectivity index (χ2v) is 8.12. The molecule has 1 saturated carbocycles. The molecular weight excluding hydrogens is 177 g/mol. The van der Waals surface area contributed by atoms with Gasteiger partial charge >= 0.3 is 0 Å². The quantitative estimate of drug-likeness (QED) is 0.607. The van der Waals surface area contributed by atoms with Crippen LogP contribution in [0.4, 0.5) is 0 Å². The molecular formula is C7H11P3. The molecule has 1 unspecified atom stereocenters. The summed E-state index contributed by atoms with van der Waals surface area (Å²) in [5.74, 6) is 3.50. The van der Waals surface area contributed by atoms with E-state index in [2.05, 4.69) is 5.80 Å². The molecule has 0 radical (unpaired) electrons. The maximum absolute atomic E-state index is 2.50. The first-order valence-corrected chi connectivity index (χ1v) is 8.24. The molecule has 1 aromatic rings. The predicted molar refractivity (Wildman–Crippen MR) is 52.2 cm³/mol. The molecule has 1 aliphatic rings. The highest BCUT2D eigenvalue weighted by Crippen LogP contribution is 2.45. The maximum Gasteiger partial charge on any atom is -0.00865 e. The Morgan fingerprint density at radius 2 is 2.20 bits per heavy atom. The molecule has 1 fully saturated rings. The van der Waals surface area contributed by atoms with Crippen LogP contribution in [-0.4, -0.2) is 0 Å². The Morgan fingerprint density at radius 1 is 1.40 bits per heavy atom. The smallest absolute Gasteiger partial charge is 0.00865 e. The summed E-state index contributed by atoms with van der Waals surface area (Å²) in [7, 11) is 4.40. The van der Waals surface area contributed by atoms with Gasteiger partial charge in [0, 0.05) is 0 Å². The summed E-state index contributed by atoms with van der Waals surface area (Å²) >= 11 is 0. The van der Waals surface area contributed by atoms with Gasteiger partial charge in [-0.25, -0.2) is 0 Å². The molecule has 0 bridgehead atoms. The standard InChI is InChI=1S/C7H11P3/c1-2-4-6(3-1)7-5-8-10-9-7/h5-6,8H,1-4H2. The Labute approximate surface area is 66.5 Å². The van der Waals surface area contributed by atoms with Crippen molar-refractivity contribution >= 4 is 23.3 Å². The lowest BCUT2D eigenvalue weighted by molar-refractivity contribution is 0.740. The van der Waals surface area contributed by atoms with Crippen molar-refractivity contribution in [2.45, 2.75) is 31.6 Å². The van der Waals surface area contributed by atoms with Crippen LogP contribution in [-0.2, 0) is 0 Å². The van der Waals surface area contributed by atoms with Crippen molar-refractivity contribution in [1.82, 2.24) is 0 Å². The summed E-state index contributed by atoms with van der Waals surface area (Å²) in [5.41, 5.74) is 0. The second-order valence-electron chi connectivity index (χ2n) is 2.88. The average molecular weight is 188 g/mol. The van der Waals surface area contributed by atoms with Crippen LogP contribution in [0.1, 0.15) is 36.9 Å². The third-order valence-corrected chi connectivity index (χ3v) is 7.50. The molecule has 10 heavy (non-hydrogen) atoms. The predicted octanol–water partition coefficient (Wildman–Crippen LogP) is 4.54. The van der Waals surface area contributed by atoms with E-state index in [1.165, 1.54) is 25.7 Å². The lowest BCUT2D eigenvalue weighted by atomic mass is 10.1. The maximum atomic E-state index is 2.50. The Morgan fingerprint density at radius 3 is 2.80 bits per heavy atom. The third kappa shape index (κ3) is 1.45. The highest BCUT2D eigenvalue weighted by atomic mass is 32.1. The SMILES string of the molecule is c1[pH]ppc1C1CCCC1. The molecule has 0 amide bonds. The fraction of sp³-hybridized carbons (Fsp3) is 0.714. The molecule has 3 heteroatoms. The topological polar surface area (TPSA) is 0 Å². The summed E-state index contributed by atoms with van der Waals surface area (Å²) < 4.78 is 0.